The SMILES string of the molecule is CC(C)(C)n1c2cc3ccccc3cc2c2c3ccccc3ccc21. The van der Waals surface area contributed by atoms with Crippen molar-refractivity contribution in [1.29, 1.82) is 0 Å². The van der Waals surface area contributed by atoms with Crippen molar-refractivity contribution in [3.8, 4) is 0 Å². The summed E-state index contributed by atoms with van der Waals surface area (Å²) in [7, 11) is 0. The summed E-state index contributed by atoms with van der Waals surface area (Å²) in [5.74, 6) is 0. The van der Waals surface area contributed by atoms with E-state index in [1.54, 1.807) is 0 Å². The maximum Gasteiger partial charge on any atom is 0.0503 e. The summed E-state index contributed by atoms with van der Waals surface area (Å²) in [6.45, 7) is 6.86. The Morgan fingerprint density at radius 2 is 1.24 bits per heavy atom. The highest BCUT2D eigenvalue weighted by atomic mass is 15.0. The molecule has 4 aromatic carbocycles. The van der Waals surface area contributed by atoms with Gasteiger partial charge in [-0.05, 0) is 60.5 Å². The molecular weight excluding hydrogens is 302 g/mol. The van der Waals surface area contributed by atoms with Crippen LogP contribution >= 0.6 is 0 Å². The predicted octanol–water partition coefficient (Wildman–Crippen LogP) is 6.86. The van der Waals surface area contributed by atoms with Gasteiger partial charge < -0.3 is 4.57 Å². The van der Waals surface area contributed by atoms with Gasteiger partial charge in [-0.15, -0.1) is 0 Å². The number of benzene rings is 4. The van der Waals surface area contributed by atoms with Crippen LogP contribution in [-0.2, 0) is 5.54 Å². The number of hydrogen-bond donors (Lipinski definition) is 0. The van der Waals surface area contributed by atoms with E-state index in [-0.39, 0.29) is 5.54 Å². The molecule has 122 valence electrons. The Labute approximate surface area is 147 Å². The minimum atomic E-state index is 0.0188. The van der Waals surface area contributed by atoms with Gasteiger partial charge in [0, 0.05) is 16.3 Å². The van der Waals surface area contributed by atoms with Gasteiger partial charge in [0.25, 0.3) is 0 Å². The van der Waals surface area contributed by atoms with Gasteiger partial charge in [0.15, 0.2) is 0 Å². The van der Waals surface area contributed by atoms with Gasteiger partial charge >= 0.3 is 0 Å². The van der Waals surface area contributed by atoms with Crippen LogP contribution in [0, 0.1) is 0 Å². The van der Waals surface area contributed by atoms with Crippen molar-refractivity contribution in [1.82, 2.24) is 4.57 Å². The fourth-order valence-corrected chi connectivity index (χ4v) is 4.20. The Balaban J connectivity index is 2.12. The lowest BCUT2D eigenvalue weighted by atomic mass is 10.0. The van der Waals surface area contributed by atoms with Crippen molar-refractivity contribution < 1.29 is 0 Å². The van der Waals surface area contributed by atoms with E-state index >= 15 is 0 Å². The second-order valence-electron chi connectivity index (χ2n) is 7.90. The van der Waals surface area contributed by atoms with Gasteiger partial charge in [0.1, 0.15) is 0 Å². The Bertz CT molecular complexity index is 1270. The van der Waals surface area contributed by atoms with Crippen molar-refractivity contribution in [3.05, 3.63) is 72.8 Å². The van der Waals surface area contributed by atoms with E-state index in [1.165, 1.54) is 43.4 Å². The Kier molecular flexibility index (Phi) is 2.82. The number of hydrogen-bond acceptors (Lipinski definition) is 0. The Morgan fingerprint density at radius 1 is 0.600 bits per heavy atom. The van der Waals surface area contributed by atoms with Crippen LogP contribution in [0.5, 0.6) is 0 Å². The zero-order chi connectivity index (χ0) is 17.2. The van der Waals surface area contributed by atoms with Gasteiger partial charge in [0.2, 0.25) is 0 Å². The average molecular weight is 323 g/mol. The smallest absolute Gasteiger partial charge is 0.0503 e. The van der Waals surface area contributed by atoms with Crippen LogP contribution < -0.4 is 0 Å². The van der Waals surface area contributed by atoms with Crippen LogP contribution in [0.1, 0.15) is 20.8 Å². The van der Waals surface area contributed by atoms with Gasteiger partial charge in [-0.2, -0.15) is 0 Å². The van der Waals surface area contributed by atoms with E-state index in [4.69, 9.17) is 0 Å². The fourth-order valence-electron chi connectivity index (χ4n) is 4.20. The van der Waals surface area contributed by atoms with E-state index in [0.717, 1.165) is 0 Å². The highest BCUT2D eigenvalue weighted by Gasteiger charge is 2.21. The number of aromatic nitrogens is 1. The molecule has 0 aliphatic carbocycles. The molecule has 1 aromatic heterocycles. The third-order valence-corrected chi connectivity index (χ3v) is 5.19. The van der Waals surface area contributed by atoms with Crippen molar-refractivity contribution in [3.63, 3.8) is 0 Å². The third-order valence-electron chi connectivity index (χ3n) is 5.19. The normalized spacial score (nSPS) is 12.6. The Hall–Kier alpha value is -2.80. The molecule has 0 saturated heterocycles. The molecule has 0 radical (unpaired) electrons. The molecule has 0 bridgehead atoms. The predicted molar refractivity (Wildman–Crippen MR) is 109 cm³/mol. The number of fused-ring (bicyclic) bond motifs is 6. The minimum Gasteiger partial charge on any atom is -0.335 e. The maximum absolute atomic E-state index is 2.50. The number of rotatable bonds is 0. The van der Waals surface area contributed by atoms with Crippen molar-refractivity contribution >= 4 is 43.4 Å². The van der Waals surface area contributed by atoms with Crippen LogP contribution in [0.15, 0.2) is 72.8 Å². The van der Waals surface area contributed by atoms with E-state index in [2.05, 4.69) is 98.1 Å². The van der Waals surface area contributed by atoms with Crippen LogP contribution in [-0.4, -0.2) is 4.57 Å². The molecule has 0 N–H and O–H groups in total. The summed E-state index contributed by atoms with van der Waals surface area (Å²) >= 11 is 0. The zero-order valence-corrected chi connectivity index (χ0v) is 14.9. The minimum absolute atomic E-state index is 0.0188. The first-order valence-corrected chi connectivity index (χ1v) is 8.89. The molecule has 0 amide bonds. The molecule has 1 heterocycles. The van der Waals surface area contributed by atoms with Gasteiger partial charge in [-0.3, -0.25) is 0 Å². The molecule has 1 nitrogen and oxygen atoms in total. The summed E-state index contributed by atoms with van der Waals surface area (Å²) in [4.78, 5) is 0. The summed E-state index contributed by atoms with van der Waals surface area (Å²) < 4.78 is 2.50. The van der Waals surface area contributed by atoms with Crippen LogP contribution in [0.4, 0.5) is 0 Å². The van der Waals surface area contributed by atoms with Crippen LogP contribution in [0.2, 0.25) is 0 Å². The molecule has 1 heteroatoms. The van der Waals surface area contributed by atoms with Crippen molar-refractivity contribution in [2.45, 2.75) is 26.3 Å². The van der Waals surface area contributed by atoms with E-state index in [9.17, 15) is 0 Å². The summed E-state index contributed by atoms with van der Waals surface area (Å²) in [6.07, 6.45) is 0. The van der Waals surface area contributed by atoms with E-state index in [1.807, 2.05) is 0 Å². The largest absolute Gasteiger partial charge is 0.335 e. The second-order valence-corrected chi connectivity index (χ2v) is 7.90. The van der Waals surface area contributed by atoms with Crippen LogP contribution in [0.25, 0.3) is 43.4 Å². The molecule has 0 unspecified atom stereocenters. The van der Waals surface area contributed by atoms with Gasteiger partial charge in [-0.25, -0.2) is 0 Å². The average Bonchev–Trinajstić information content (AvgIpc) is 2.93. The molecular formula is C24H21N. The summed E-state index contributed by atoms with van der Waals surface area (Å²) in [5.41, 5.74) is 2.65. The molecule has 5 aromatic rings. The van der Waals surface area contributed by atoms with Gasteiger partial charge in [0.05, 0.1) is 11.0 Å². The molecule has 0 aliphatic rings. The lowest BCUT2D eigenvalue weighted by Gasteiger charge is -2.24. The molecule has 5 rings (SSSR count). The molecule has 0 atom stereocenters. The standard InChI is InChI=1S/C24H21N/c1-24(2,3)25-21-13-12-16-8-6-7-11-19(16)23(21)20-14-17-9-4-5-10-18(17)15-22(20)25/h4-15H,1-3H3. The number of nitrogens with zero attached hydrogens (tertiary/aromatic N) is 1. The lowest BCUT2D eigenvalue weighted by molar-refractivity contribution is 0.423. The maximum atomic E-state index is 2.50. The Morgan fingerprint density at radius 3 is 1.96 bits per heavy atom. The third kappa shape index (κ3) is 2.02. The summed E-state index contributed by atoms with van der Waals surface area (Å²) in [6, 6.07) is 26.6. The van der Waals surface area contributed by atoms with Crippen LogP contribution in [0.3, 0.4) is 0 Å². The van der Waals surface area contributed by atoms with E-state index < -0.39 is 0 Å². The second kappa shape index (κ2) is 4.86. The first-order chi connectivity index (χ1) is 12.0. The highest BCUT2D eigenvalue weighted by molar-refractivity contribution is 6.22. The van der Waals surface area contributed by atoms with E-state index in [0.29, 0.717) is 0 Å². The quantitative estimate of drug-likeness (QED) is 0.293. The first kappa shape index (κ1) is 14.5. The first-order valence-electron chi connectivity index (χ1n) is 8.89. The molecule has 0 aliphatic heterocycles. The summed E-state index contributed by atoms with van der Waals surface area (Å²) in [5, 5.41) is 7.96. The van der Waals surface area contributed by atoms with Crippen molar-refractivity contribution in [2.75, 3.05) is 0 Å². The molecule has 0 spiro atoms. The zero-order valence-electron chi connectivity index (χ0n) is 14.9. The monoisotopic (exact) mass is 323 g/mol. The van der Waals surface area contributed by atoms with Gasteiger partial charge in [-0.1, -0.05) is 54.6 Å². The van der Waals surface area contributed by atoms with Crippen molar-refractivity contribution in [2.24, 2.45) is 0 Å². The molecule has 0 saturated carbocycles. The topological polar surface area (TPSA) is 4.93 Å². The fraction of sp³-hybridized carbons (Fsp3) is 0.167. The molecule has 0 fully saturated rings. The molecule has 25 heavy (non-hydrogen) atoms. The lowest BCUT2D eigenvalue weighted by Crippen LogP contribution is -2.21. The highest BCUT2D eigenvalue weighted by Crippen LogP contribution is 2.39.